The summed E-state index contributed by atoms with van der Waals surface area (Å²) in [6.07, 6.45) is 3.31. The molecule has 1 unspecified atom stereocenters. The first-order valence-electron chi connectivity index (χ1n) is 7.79. The van der Waals surface area contributed by atoms with Gasteiger partial charge in [-0.05, 0) is 36.8 Å². The van der Waals surface area contributed by atoms with E-state index in [0.717, 1.165) is 35.4 Å². The second-order valence-electron chi connectivity index (χ2n) is 5.70. The van der Waals surface area contributed by atoms with Crippen molar-refractivity contribution in [2.24, 2.45) is 0 Å². The number of urea groups is 1. The van der Waals surface area contributed by atoms with Gasteiger partial charge < -0.3 is 10.4 Å². The van der Waals surface area contributed by atoms with Crippen LogP contribution < -0.4 is 10.6 Å². The van der Waals surface area contributed by atoms with E-state index in [0.29, 0.717) is 11.6 Å². The van der Waals surface area contributed by atoms with Crippen LogP contribution in [0.1, 0.15) is 35.9 Å². The van der Waals surface area contributed by atoms with Crippen LogP contribution >= 0.6 is 11.3 Å². The number of fused-ring (bicyclic) bond motifs is 1. The highest BCUT2D eigenvalue weighted by atomic mass is 32.1. The van der Waals surface area contributed by atoms with Crippen molar-refractivity contribution in [2.75, 3.05) is 11.9 Å². The Hall–Kier alpha value is -1.99. The normalized spacial score (nSPS) is 19.9. The first kappa shape index (κ1) is 15.9. The third kappa shape index (κ3) is 3.51. The lowest BCUT2D eigenvalue weighted by atomic mass is 9.79. The molecule has 0 saturated heterocycles. The number of hydrogen-bond acceptors (Lipinski definition) is 5. The van der Waals surface area contributed by atoms with E-state index in [4.69, 9.17) is 0 Å². The average molecular weight is 332 g/mol. The molecule has 1 aromatic heterocycles. The van der Waals surface area contributed by atoms with Gasteiger partial charge in [0.05, 0.1) is 6.54 Å². The fourth-order valence-corrected chi connectivity index (χ4v) is 3.57. The molecule has 1 heterocycles. The molecule has 0 aliphatic heterocycles. The van der Waals surface area contributed by atoms with Crippen LogP contribution in [0.4, 0.5) is 9.93 Å². The largest absolute Gasteiger partial charge is 0.383 e. The van der Waals surface area contributed by atoms with Crippen molar-refractivity contribution in [1.29, 1.82) is 0 Å². The first-order chi connectivity index (χ1) is 11.1. The third-order valence-electron chi connectivity index (χ3n) is 4.09. The van der Waals surface area contributed by atoms with Crippen LogP contribution in [0.25, 0.3) is 0 Å². The molecule has 0 radical (unpaired) electrons. The summed E-state index contributed by atoms with van der Waals surface area (Å²) < 4.78 is 0. The summed E-state index contributed by atoms with van der Waals surface area (Å²) in [5.41, 5.74) is 1.05. The maximum Gasteiger partial charge on any atom is 0.321 e. The first-order valence-corrected chi connectivity index (χ1v) is 8.60. The van der Waals surface area contributed by atoms with Crippen LogP contribution in [0.5, 0.6) is 0 Å². The van der Waals surface area contributed by atoms with Crippen molar-refractivity contribution in [3.63, 3.8) is 0 Å². The number of amides is 2. The SMILES string of the molecule is CCc1nnc(NC(=O)NCC2(O)CCCc3ccccc32)s1. The Morgan fingerprint density at radius 2 is 2.22 bits per heavy atom. The van der Waals surface area contributed by atoms with Crippen LogP contribution in [0.3, 0.4) is 0 Å². The zero-order chi connectivity index (χ0) is 16.3. The third-order valence-corrected chi connectivity index (χ3v) is 5.07. The number of anilines is 1. The molecule has 2 aromatic rings. The molecule has 3 N–H and O–H groups in total. The Kier molecular flexibility index (Phi) is 4.58. The van der Waals surface area contributed by atoms with Gasteiger partial charge >= 0.3 is 6.03 Å². The minimum absolute atomic E-state index is 0.176. The van der Waals surface area contributed by atoms with Crippen molar-refractivity contribution in [3.8, 4) is 0 Å². The topological polar surface area (TPSA) is 87.1 Å². The van der Waals surface area contributed by atoms with Gasteiger partial charge in [-0.25, -0.2) is 4.79 Å². The monoisotopic (exact) mass is 332 g/mol. The van der Waals surface area contributed by atoms with E-state index >= 15 is 0 Å². The maximum atomic E-state index is 12.0. The van der Waals surface area contributed by atoms with Crippen LogP contribution in [-0.2, 0) is 18.4 Å². The minimum Gasteiger partial charge on any atom is -0.383 e. The Balaban J connectivity index is 1.62. The average Bonchev–Trinajstić information content (AvgIpc) is 3.01. The Morgan fingerprint density at radius 3 is 3.00 bits per heavy atom. The summed E-state index contributed by atoms with van der Waals surface area (Å²) in [6, 6.07) is 7.49. The number of aromatic nitrogens is 2. The predicted molar refractivity (Wildman–Crippen MR) is 89.6 cm³/mol. The molecule has 2 amide bonds. The highest BCUT2D eigenvalue weighted by molar-refractivity contribution is 7.15. The van der Waals surface area contributed by atoms with Gasteiger partial charge in [-0.15, -0.1) is 10.2 Å². The van der Waals surface area contributed by atoms with Crippen LogP contribution in [0.15, 0.2) is 24.3 Å². The van der Waals surface area contributed by atoms with Gasteiger partial charge in [0.15, 0.2) is 0 Å². The maximum absolute atomic E-state index is 12.0. The second kappa shape index (κ2) is 6.64. The summed E-state index contributed by atoms with van der Waals surface area (Å²) >= 11 is 1.35. The molecule has 1 atom stereocenters. The van der Waals surface area contributed by atoms with Gasteiger partial charge in [-0.1, -0.05) is 42.5 Å². The highest BCUT2D eigenvalue weighted by Gasteiger charge is 2.34. The zero-order valence-electron chi connectivity index (χ0n) is 13.0. The molecule has 7 heteroatoms. The van der Waals surface area contributed by atoms with Gasteiger partial charge in [0, 0.05) is 0 Å². The lowest BCUT2D eigenvalue weighted by Gasteiger charge is -2.34. The molecule has 122 valence electrons. The molecule has 1 aliphatic carbocycles. The van der Waals surface area contributed by atoms with Gasteiger partial charge in [0.1, 0.15) is 10.6 Å². The Morgan fingerprint density at radius 1 is 1.39 bits per heavy atom. The molecule has 23 heavy (non-hydrogen) atoms. The summed E-state index contributed by atoms with van der Waals surface area (Å²) in [5.74, 6) is 0. The molecular weight excluding hydrogens is 312 g/mol. The number of rotatable bonds is 4. The lowest BCUT2D eigenvalue weighted by molar-refractivity contribution is 0.0221. The van der Waals surface area contributed by atoms with Crippen LogP contribution in [0.2, 0.25) is 0 Å². The molecular formula is C16H20N4O2S. The molecule has 1 aromatic carbocycles. The summed E-state index contributed by atoms with van der Waals surface area (Å²) in [7, 11) is 0. The lowest BCUT2D eigenvalue weighted by Crippen LogP contribution is -2.44. The molecule has 3 rings (SSSR count). The fourth-order valence-electron chi connectivity index (χ4n) is 2.90. The van der Waals surface area contributed by atoms with E-state index in [1.54, 1.807) is 0 Å². The Labute approximate surface area is 139 Å². The number of benzene rings is 1. The van der Waals surface area contributed by atoms with Gasteiger partial charge in [-0.2, -0.15) is 0 Å². The number of aryl methyl sites for hydroxylation is 2. The van der Waals surface area contributed by atoms with Crippen molar-refractivity contribution in [1.82, 2.24) is 15.5 Å². The molecule has 1 aliphatic rings. The van der Waals surface area contributed by atoms with E-state index in [1.807, 2.05) is 31.2 Å². The van der Waals surface area contributed by atoms with Crippen molar-refractivity contribution in [3.05, 3.63) is 40.4 Å². The van der Waals surface area contributed by atoms with Crippen LogP contribution in [-0.4, -0.2) is 27.9 Å². The minimum atomic E-state index is -1.01. The molecule has 6 nitrogen and oxygen atoms in total. The zero-order valence-corrected chi connectivity index (χ0v) is 13.8. The number of nitrogens with one attached hydrogen (secondary N) is 2. The number of hydrogen-bond donors (Lipinski definition) is 3. The Bertz CT molecular complexity index is 703. The van der Waals surface area contributed by atoms with Crippen LogP contribution in [0, 0.1) is 0 Å². The second-order valence-corrected chi connectivity index (χ2v) is 6.77. The predicted octanol–water partition coefficient (Wildman–Crippen LogP) is 2.45. The van der Waals surface area contributed by atoms with E-state index < -0.39 is 5.60 Å². The summed E-state index contributed by atoms with van der Waals surface area (Å²) in [5, 5.41) is 25.5. The van der Waals surface area contributed by atoms with E-state index in [1.165, 1.54) is 11.3 Å². The van der Waals surface area contributed by atoms with Gasteiger partial charge in [-0.3, -0.25) is 5.32 Å². The molecule has 0 spiro atoms. The number of nitrogens with zero attached hydrogens (tertiary/aromatic N) is 2. The molecule has 0 bridgehead atoms. The summed E-state index contributed by atoms with van der Waals surface area (Å²) in [6.45, 7) is 2.16. The molecule has 0 fully saturated rings. The van der Waals surface area contributed by atoms with E-state index in [9.17, 15) is 9.90 Å². The standard InChI is InChI=1S/C16H20N4O2S/c1-2-13-19-20-15(23-13)18-14(21)17-10-16(22)9-5-7-11-6-3-4-8-12(11)16/h3-4,6,8,22H,2,5,7,9-10H2,1H3,(H2,17,18,20,21). The smallest absolute Gasteiger partial charge is 0.321 e. The highest BCUT2D eigenvalue weighted by Crippen LogP contribution is 2.34. The summed E-state index contributed by atoms with van der Waals surface area (Å²) in [4.78, 5) is 12.0. The van der Waals surface area contributed by atoms with E-state index in [-0.39, 0.29) is 12.6 Å². The van der Waals surface area contributed by atoms with Gasteiger partial charge in [0.2, 0.25) is 5.13 Å². The van der Waals surface area contributed by atoms with E-state index in [2.05, 4.69) is 20.8 Å². The number of carbonyl (C=O) groups is 1. The van der Waals surface area contributed by atoms with Crippen molar-refractivity contribution >= 4 is 22.5 Å². The van der Waals surface area contributed by atoms with Crippen molar-refractivity contribution in [2.45, 2.75) is 38.2 Å². The number of aliphatic hydroxyl groups is 1. The van der Waals surface area contributed by atoms with Crippen molar-refractivity contribution < 1.29 is 9.90 Å². The van der Waals surface area contributed by atoms with Gasteiger partial charge in [0.25, 0.3) is 0 Å². The number of carbonyl (C=O) groups excluding carboxylic acids is 1. The fraction of sp³-hybridized carbons (Fsp3) is 0.438. The molecule has 0 saturated carbocycles. The quantitative estimate of drug-likeness (QED) is 0.802.